The molecule has 2 aliphatic rings. The normalized spacial score (nSPS) is 18.0. The van der Waals surface area contributed by atoms with Gasteiger partial charge in [0.05, 0.1) is 0 Å². The van der Waals surface area contributed by atoms with Crippen molar-refractivity contribution in [3.8, 4) is 22.3 Å². The van der Waals surface area contributed by atoms with E-state index in [-0.39, 0.29) is 11.3 Å². The van der Waals surface area contributed by atoms with Gasteiger partial charge in [0.2, 0.25) is 0 Å². The highest BCUT2D eigenvalue weighted by Crippen LogP contribution is 2.47. The average Bonchev–Trinajstić information content (AvgIpc) is 3.47. The molecule has 0 radical (unpaired) electrons. The van der Waals surface area contributed by atoms with Crippen LogP contribution in [0.3, 0.4) is 0 Å². The molecule has 214 valence electrons. The van der Waals surface area contributed by atoms with Gasteiger partial charge in [-0.15, -0.1) is 11.3 Å². The first-order valence-corrected chi connectivity index (χ1v) is 15.8. The monoisotopic (exact) mass is 587 g/mol. The van der Waals surface area contributed by atoms with Crippen molar-refractivity contribution in [2.45, 2.75) is 26.2 Å². The lowest BCUT2D eigenvalue weighted by Gasteiger charge is -2.33. The fraction of sp³-hybridized carbons (Fsp3) is 0.125. The van der Waals surface area contributed by atoms with Gasteiger partial charge in [0.1, 0.15) is 0 Å². The van der Waals surface area contributed by atoms with Crippen molar-refractivity contribution in [3.05, 3.63) is 149 Å². The largest absolute Gasteiger partial charge is 0.282 e. The third kappa shape index (κ3) is 5.23. The highest BCUT2D eigenvalue weighted by Gasteiger charge is 2.31. The van der Waals surface area contributed by atoms with Crippen molar-refractivity contribution in [2.24, 2.45) is 15.4 Å². The van der Waals surface area contributed by atoms with E-state index in [1.807, 2.05) is 41.7 Å². The maximum Gasteiger partial charge on any atom is 0.161 e. The number of rotatable bonds is 5. The highest BCUT2D eigenvalue weighted by molar-refractivity contribution is 7.20. The number of hydrogen-bond acceptors (Lipinski definition) is 2. The third-order valence-corrected chi connectivity index (χ3v) is 10.0. The SMILES string of the molecule is C=NC(=NC(=N)C1=CCC(C)(C2=Cc3sc4cccc(-c5ccccc5)c4c3CC2)C=C1)c1ccc(-c2ccccc2)cc1. The van der Waals surface area contributed by atoms with E-state index >= 15 is 0 Å². The van der Waals surface area contributed by atoms with Crippen LogP contribution in [0, 0.1) is 10.8 Å². The molecule has 0 bridgehead atoms. The molecule has 3 nitrogen and oxygen atoms in total. The van der Waals surface area contributed by atoms with Gasteiger partial charge in [-0.1, -0.05) is 128 Å². The number of amidine groups is 2. The summed E-state index contributed by atoms with van der Waals surface area (Å²) in [6.45, 7) is 6.05. The van der Waals surface area contributed by atoms with Crippen LogP contribution in [0.4, 0.5) is 0 Å². The minimum atomic E-state index is -0.0869. The predicted octanol–water partition coefficient (Wildman–Crippen LogP) is 10.6. The standard InChI is InChI=1S/C40H33N3S/c1-40(32-20-21-34-36(26-32)44-35-15-9-14-33(37(34)35)29-12-7-4-8-13-29)24-22-30(23-25-40)38(41)43-39(42-2)31-18-16-28(17-19-31)27-10-5-3-6-11-27/h3-19,22-24,26,41H,2,20-21,25H2,1H3. The van der Waals surface area contributed by atoms with Crippen LogP contribution in [-0.2, 0) is 6.42 Å². The van der Waals surface area contributed by atoms with E-state index in [2.05, 4.69) is 121 Å². The molecule has 0 spiro atoms. The molecule has 4 heteroatoms. The molecule has 0 saturated carbocycles. The van der Waals surface area contributed by atoms with Crippen molar-refractivity contribution in [2.75, 3.05) is 0 Å². The van der Waals surface area contributed by atoms with E-state index in [0.29, 0.717) is 5.84 Å². The average molecular weight is 588 g/mol. The lowest BCUT2D eigenvalue weighted by molar-refractivity contribution is 0.497. The fourth-order valence-corrected chi connectivity index (χ4v) is 7.59. The molecule has 0 aliphatic heterocycles. The molecule has 1 heterocycles. The smallest absolute Gasteiger partial charge is 0.161 e. The van der Waals surface area contributed by atoms with Gasteiger partial charge in [-0.2, -0.15) is 0 Å². The summed E-state index contributed by atoms with van der Waals surface area (Å²) in [5, 5.41) is 10.2. The van der Waals surface area contributed by atoms with Gasteiger partial charge in [-0.25, -0.2) is 9.98 Å². The maximum atomic E-state index is 8.76. The van der Waals surface area contributed by atoms with E-state index < -0.39 is 0 Å². The summed E-state index contributed by atoms with van der Waals surface area (Å²) in [6.07, 6.45) is 11.8. The zero-order valence-corrected chi connectivity index (χ0v) is 25.6. The minimum Gasteiger partial charge on any atom is -0.282 e. The molecule has 4 aromatic carbocycles. The summed E-state index contributed by atoms with van der Waals surface area (Å²) in [5.41, 5.74) is 9.39. The Hall–Kier alpha value is -4.93. The molecule has 0 amide bonds. The van der Waals surface area contributed by atoms with Crippen molar-refractivity contribution < 1.29 is 0 Å². The van der Waals surface area contributed by atoms with Gasteiger partial charge >= 0.3 is 0 Å². The second kappa shape index (κ2) is 11.6. The Morgan fingerprint density at radius 2 is 1.52 bits per heavy atom. The van der Waals surface area contributed by atoms with Crippen LogP contribution in [0.5, 0.6) is 0 Å². The zero-order chi connectivity index (χ0) is 30.1. The number of nitrogens with one attached hydrogen (secondary N) is 1. The molecule has 0 saturated heterocycles. The first-order chi connectivity index (χ1) is 21.5. The molecule has 2 aliphatic carbocycles. The summed E-state index contributed by atoms with van der Waals surface area (Å²) in [6, 6.07) is 35.8. The van der Waals surface area contributed by atoms with Gasteiger partial charge in [0.25, 0.3) is 0 Å². The number of aliphatic imine (C=N–C) groups is 2. The first kappa shape index (κ1) is 27.9. The van der Waals surface area contributed by atoms with Crippen molar-refractivity contribution >= 4 is 45.9 Å². The molecule has 1 N–H and O–H groups in total. The summed E-state index contributed by atoms with van der Waals surface area (Å²) in [5.74, 6) is 0.662. The topological polar surface area (TPSA) is 48.6 Å². The Morgan fingerprint density at radius 3 is 2.20 bits per heavy atom. The van der Waals surface area contributed by atoms with Crippen LogP contribution in [0.25, 0.3) is 38.4 Å². The zero-order valence-electron chi connectivity index (χ0n) is 24.8. The van der Waals surface area contributed by atoms with Crippen molar-refractivity contribution in [1.82, 2.24) is 0 Å². The van der Waals surface area contributed by atoms with E-state index in [1.165, 1.54) is 37.2 Å². The van der Waals surface area contributed by atoms with E-state index in [9.17, 15) is 0 Å². The highest BCUT2D eigenvalue weighted by atomic mass is 32.1. The second-order valence-electron chi connectivity index (χ2n) is 11.7. The number of benzene rings is 4. The Kier molecular flexibility index (Phi) is 7.37. The lowest BCUT2D eigenvalue weighted by Crippen LogP contribution is -2.21. The van der Waals surface area contributed by atoms with Crippen LogP contribution in [-0.4, -0.2) is 18.4 Å². The number of nitrogens with zero attached hydrogens (tertiary/aromatic N) is 2. The van der Waals surface area contributed by atoms with Crippen LogP contribution >= 0.6 is 11.3 Å². The third-order valence-electron chi connectivity index (χ3n) is 8.88. The number of allylic oxidation sites excluding steroid dienone is 3. The van der Waals surface area contributed by atoms with Gasteiger partial charge in [0.15, 0.2) is 11.7 Å². The molecule has 0 fully saturated rings. The Balaban J connectivity index is 1.10. The molecule has 1 atom stereocenters. The Morgan fingerprint density at radius 1 is 0.818 bits per heavy atom. The number of hydrogen-bond donors (Lipinski definition) is 1. The summed E-state index contributed by atoms with van der Waals surface area (Å²) in [4.78, 5) is 10.1. The molecule has 7 rings (SSSR count). The molecule has 1 aromatic heterocycles. The van der Waals surface area contributed by atoms with E-state index in [4.69, 9.17) is 5.41 Å². The quantitative estimate of drug-likeness (QED) is 0.157. The van der Waals surface area contributed by atoms with Crippen LogP contribution < -0.4 is 0 Å². The Bertz CT molecular complexity index is 2010. The molecular formula is C40H33N3S. The van der Waals surface area contributed by atoms with Gasteiger partial charge in [-0.05, 0) is 65.9 Å². The van der Waals surface area contributed by atoms with Crippen molar-refractivity contribution in [1.29, 1.82) is 5.41 Å². The second-order valence-corrected chi connectivity index (χ2v) is 12.7. The molecule has 5 aromatic rings. The predicted molar refractivity (Wildman–Crippen MR) is 189 cm³/mol. The van der Waals surface area contributed by atoms with E-state index in [1.54, 1.807) is 0 Å². The summed E-state index contributed by atoms with van der Waals surface area (Å²) < 4.78 is 1.35. The van der Waals surface area contributed by atoms with E-state index in [0.717, 1.165) is 41.5 Å². The van der Waals surface area contributed by atoms with Gasteiger partial charge < -0.3 is 0 Å². The van der Waals surface area contributed by atoms with Crippen LogP contribution in [0.15, 0.2) is 142 Å². The summed E-state index contributed by atoms with van der Waals surface area (Å²) >= 11 is 1.90. The summed E-state index contributed by atoms with van der Waals surface area (Å²) in [7, 11) is 0. The first-order valence-electron chi connectivity index (χ1n) is 15.0. The Labute approximate surface area is 262 Å². The fourth-order valence-electron chi connectivity index (χ4n) is 6.34. The molecule has 1 unspecified atom stereocenters. The maximum absolute atomic E-state index is 8.76. The van der Waals surface area contributed by atoms with Crippen LogP contribution in [0.1, 0.15) is 35.8 Å². The minimum absolute atomic E-state index is 0.0869. The lowest BCUT2D eigenvalue weighted by atomic mass is 9.72. The number of thiophene rings is 1. The molecular weight excluding hydrogens is 555 g/mol. The van der Waals surface area contributed by atoms with Crippen molar-refractivity contribution in [3.63, 3.8) is 0 Å². The van der Waals surface area contributed by atoms with Gasteiger partial charge in [0, 0.05) is 31.5 Å². The number of fused-ring (bicyclic) bond motifs is 3. The number of aryl methyl sites for hydroxylation is 1. The van der Waals surface area contributed by atoms with Crippen LogP contribution in [0.2, 0.25) is 0 Å². The van der Waals surface area contributed by atoms with Gasteiger partial charge in [-0.3, -0.25) is 5.41 Å². The molecule has 44 heavy (non-hydrogen) atoms.